The molecule has 0 unspecified atom stereocenters. The molecule has 0 aliphatic rings. The van der Waals surface area contributed by atoms with E-state index in [1.807, 2.05) is 43.5 Å². The van der Waals surface area contributed by atoms with E-state index in [0.29, 0.717) is 12.1 Å². The van der Waals surface area contributed by atoms with Crippen molar-refractivity contribution in [2.75, 3.05) is 6.54 Å². The van der Waals surface area contributed by atoms with Crippen molar-refractivity contribution in [2.24, 2.45) is 0 Å². The highest BCUT2D eigenvalue weighted by Crippen LogP contribution is 2.14. The predicted molar refractivity (Wildman–Crippen MR) is 99.8 cm³/mol. The van der Waals surface area contributed by atoms with Gasteiger partial charge in [-0.1, -0.05) is 42.0 Å². The molecule has 0 radical (unpaired) electrons. The van der Waals surface area contributed by atoms with Crippen LogP contribution in [0.2, 0.25) is 0 Å². The number of aromatic nitrogens is 1. The molecule has 0 bridgehead atoms. The second kappa shape index (κ2) is 7.79. The van der Waals surface area contributed by atoms with Crippen molar-refractivity contribution < 1.29 is 9.59 Å². The van der Waals surface area contributed by atoms with Gasteiger partial charge in [-0.15, -0.1) is 0 Å². The molecule has 1 aromatic heterocycles. The Morgan fingerprint density at radius 1 is 1.00 bits per heavy atom. The minimum absolute atomic E-state index is 0.00680. The Morgan fingerprint density at radius 3 is 2.60 bits per heavy atom. The number of hydrogen-bond acceptors (Lipinski definition) is 2. The molecule has 4 heteroatoms. The van der Waals surface area contributed by atoms with Gasteiger partial charge in [0.2, 0.25) is 5.91 Å². The highest BCUT2D eigenvalue weighted by molar-refractivity contribution is 5.97. The van der Waals surface area contributed by atoms with Crippen LogP contribution < -0.4 is 5.32 Å². The van der Waals surface area contributed by atoms with E-state index < -0.39 is 0 Å². The van der Waals surface area contributed by atoms with Gasteiger partial charge < -0.3 is 10.3 Å². The number of benzene rings is 2. The Hall–Kier alpha value is -2.88. The minimum atomic E-state index is -0.0820. The summed E-state index contributed by atoms with van der Waals surface area (Å²) in [5.41, 5.74) is 4.06. The molecule has 3 rings (SSSR count). The van der Waals surface area contributed by atoms with Crippen LogP contribution in [0.25, 0.3) is 10.9 Å². The van der Waals surface area contributed by atoms with Gasteiger partial charge in [0.05, 0.1) is 0 Å². The molecular weight excluding hydrogens is 312 g/mol. The third-order valence-corrected chi connectivity index (χ3v) is 4.31. The zero-order valence-corrected chi connectivity index (χ0v) is 14.3. The molecule has 0 aliphatic carbocycles. The summed E-state index contributed by atoms with van der Waals surface area (Å²) in [5.74, 6) is -0.0752. The van der Waals surface area contributed by atoms with Crippen molar-refractivity contribution in [1.29, 1.82) is 0 Å². The smallest absolute Gasteiger partial charge is 0.220 e. The molecule has 0 fully saturated rings. The van der Waals surface area contributed by atoms with Gasteiger partial charge in [-0.25, -0.2) is 0 Å². The van der Waals surface area contributed by atoms with Gasteiger partial charge in [-0.2, -0.15) is 0 Å². The van der Waals surface area contributed by atoms with Crippen LogP contribution in [0.5, 0.6) is 0 Å². The highest BCUT2D eigenvalue weighted by atomic mass is 16.2. The quantitative estimate of drug-likeness (QED) is 0.646. The number of hydrogen-bond donors (Lipinski definition) is 2. The molecule has 0 atom stereocenters. The molecule has 0 saturated heterocycles. The van der Waals surface area contributed by atoms with E-state index in [1.165, 1.54) is 10.9 Å². The lowest BCUT2D eigenvalue weighted by atomic mass is 10.0. The van der Waals surface area contributed by atoms with Crippen molar-refractivity contribution >= 4 is 22.6 Å². The fraction of sp³-hybridized carbons (Fsp3) is 0.238. The van der Waals surface area contributed by atoms with E-state index in [0.717, 1.165) is 17.5 Å². The Labute approximate surface area is 147 Å². The lowest BCUT2D eigenvalue weighted by Crippen LogP contribution is -2.26. The van der Waals surface area contributed by atoms with Crippen LogP contribution in [0.15, 0.2) is 54.7 Å². The number of Topliss-reactive ketones (excluding diaryl/α,β-unsaturated/α-hetero) is 1. The Bertz CT molecular complexity index is 878. The van der Waals surface area contributed by atoms with E-state index in [2.05, 4.69) is 28.5 Å². The van der Waals surface area contributed by atoms with Gasteiger partial charge in [0.15, 0.2) is 5.78 Å². The molecular formula is C21H22N2O2. The number of rotatable bonds is 7. The van der Waals surface area contributed by atoms with Gasteiger partial charge in [0.1, 0.15) is 0 Å². The number of nitrogens with one attached hydrogen (secondary N) is 2. The first kappa shape index (κ1) is 17.0. The van der Waals surface area contributed by atoms with E-state index >= 15 is 0 Å². The predicted octanol–water partition coefficient (Wildman–Crippen LogP) is 3.80. The molecule has 128 valence electrons. The van der Waals surface area contributed by atoms with Crippen LogP contribution in [-0.4, -0.2) is 23.2 Å². The lowest BCUT2D eigenvalue weighted by molar-refractivity contribution is -0.121. The molecule has 2 N–H and O–H groups in total. The minimum Gasteiger partial charge on any atom is -0.361 e. The van der Waals surface area contributed by atoms with Crippen LogP contribution in [0.1, 0.15) is 34.3 Å². The first-order chi connectivity index (χ1) is 12.1. The highest BCUT2D eigenvalue weighted by Gasteiger charge is 2.09. The summed E-state index contributed by atoms with van der Waals surface area (Å²) in [6.45, 7) is 2.55. The van der Waals surface area contributed by atoms with Gasteiger partial charge in [-0.05, 0) is 36.4 Å². The van der Waals surface area contributed by atoms with E-state index in [4.69, 9.17) is 0 Å². The van der Waals surface area contributed by atoms with Gasteiger partial charge >= 0.3 is 0 Å². The van der Waals surface area contributed by atoms with Crippen molar-refractivity contribution in [3.05, 3.63) is 71.4 Å². The first-order valence-electron chi connectivity index (χ1n) is 8.54. The number of fused-ring (bicyclic) bond motifs is 1. The maximum absolute atomic E-state index is 12.1. The van der Waals surface area contributed by atoms with E-state index in [9.17, 15) is 9.59 Å². The van der Waals surface area contributed by atoms with Gasteiger partial charge in [0.25, 0.3) is 0 Å². The summed E-state index contributed by atoms with van der Waals surface area (Å²) in [5, 5.41) is 4.07. The van der Waals surface area contributed by atoms with Crippen molar-refractivity contribution in [2.45, 2.75) is 26.2 Å². The topological polar surface area (TPSA) is 62.0 Å². The normalized spacial score (nSPS) is 10.8. The van der Waals surface area contributed by atoms with Crippen LogP contribution in [0.4, 0.5) is 0 Å². The summed E-state index contributed by atoms with van der Waals surface area (Å²) < 4.78 is 0. The number of carbonyl (C=O) groups is 2. The molecule has 0 spiro atoms. The molecule has 0 saturated carbocycles. The molecule has 2 aromatic carbocycles. The van der Waals surface area contributed by atoms with Crippen LogP contribution in [0.3, 0.4) is 0 Å². The third kappa shape index (κ3) is 4.57. The van der Waals surface area contributed by atoms with Crippen LogP contribution in [-0.2, 0) is 11.2 Å². The average Bonchev–Trinajstić information content (AvgIpc) is 3.08. The van der Waals surface area contributed by atoms with Crippen molar-refractivity contribution in [1.82, 2.24) is 10.3 Å². The zero-order chi connectivity index (χ0) is 17.6. The second-order valence-electron chi connectivity index (χ2n) is 6.29. The summed E-state index contributed by atoms with van der Waals surface area (Å²) >= 11 is 0. The molecule has 1 heterocycles. The SMILES string of the molecule is Cc1ccc(C(=O)CCC(=O)NCCc2ccc3cc[nH]c3c2)cc1. The maximum atomic E-state index is 12.1. The zero-order valence-electron chi connectivity index (χ0n) is 14.3. The largest absolute Gasteiger partial charge is 0.361 e. The van der Waals surface area contributed by atoms with E-state index in [-0.39, 0.29) is 24.5 Å². The van der Waals surface area contributed by atoms with Gasteiger partial charge in [0, 0.05) is 36.7 Å². The lowest BCUT2D eigenvalue weighted by Gasteiger charge is -2.06. The Balaban J connectivity index is 1.41. The Kier molecular flexibility index (Phi) is 5.29. The number of amides is 1. The molecule has 0 aliphatic heterocycles. The summed E-state index contributed by atoms with van der Waals surface area (Å²) in [6.07, 6.45) is 3.15. The van der Waals surface area contributed by atoms with Crippen molar-refractivity contribution in [3.63, 3.8) is 0 Å². The monoisotopic (exact) mass is 334 g/mol. The number of aromatic amines is 1. The summed E-state index contributed by atoms with van der Waals surface area (Å²) in [6, 6.07) is 15.7. The maximum Gasteiger partial charge on any atom is 0.220 e. The third-order valence-electron chi connectivity index (χ3n) is 4.31. The Morgan fingerprint density at radius 2 is 1.80 bits per heavy atom. The van der Waals surface area contributed by atoms with Crippen LogP contribution >= 0.6 is 0 Å². The summed E-state index contributed by atoms with van der Waals surface area (Å²) in [4.78, 5) is 27.2. The molecule has 25 heavy (non-hydrogen) atoms. The average molecular weight is 334 g/mol. The van der Waals surface area contributed by atoms with Gasteiger partial charge in [-0.3, -0.25) is 9.59 Å². The van der Waals surface area contributed by atoms with Crippen molar-refractivity contribution in [3.8, 4) is 0 Å². The molecule has 3 aromatic rings. The number of H-pyrrole nitrogens is 1. The molecule has 1 amide bonds. The number of carbonyl (C=O) groups excluding carboxylic acids is 2. The summed E-state index contributed by atoms with van der Waals surface area (Å²) in [7, 11) is 0. The standard InChI is InChI=1S/C21H22N2O2/c1-15-2-5-18(6-3-15)20(24)8-9-21(25)23-12-10-16-4-7-17-11-13-22-19(17)14-16/h2-7,11,13-14,22H,8-10,12H2,1H3,(H,23,25). The fourth-order valence-corrected chi connectivity index (χ4v) is 2.80. The second-order valence-corrected chi connectivity index (χ2v) is 6.29. The van der Waals surface area contributed by atoms with E-state index in [1.54, 1.807) is 0 Å². The number of ketones is 1. The van der Waals surface area contributed by atoms with Crippen LogP contribution in [0, 0.1) is 6.92 Å². The fourth-order valence-electron chi connectivity index (χ4n) is 2.80. The molecule has 4 nitrogen and oxygen atoms in total. The first-order valence-corrected chi connectivity index (χ1v) is 8.54. The number of aryl methyl sites for hydroxylation is 1.